The van der Waals surface area contributed by atoms with Gasteiger partial charge in [-0.1, -0.05) is 24.6 Å². The fourth-order valence-corrected chi connectivity index (χ4v) is 2.59. The van der Waals surface area contributed by atoms with Crippen LogP contribution in [0.4, 0.5) is 13.2 Å². The summed E-state index contributed by atoms with van der Waals surface area (Å²) in [5, 5.41) is 9.73. The van der Waals surface area contributed by atoms with E-state index in [2.05, 4.69) is 8.92 Å². The number of rotatable bonds is 8. The zero-order chi connectivity index (χ0) is 19.3. The molecule has 0 aliphatic heterocycles. The van der Waals surface area contributed by atoms with Gasteiger partial charge in [-0.3, -0.25) is 8.98 Å². The van der Waals surface area contributed by atoms with E-state index in [-0.39, 0.29) is 11.3 Å². The Balaban J connectivity index is 2.88. The molecule has 1 atom stereocenters. The van der Waals surface area contributed by atoms with Crippen LogP contribution < -0.4 is 0 Å². The molecule has 0 fully saturated rings. The molecule has 0 amide bonds. The number of benzene rings is 1. The first kappa shape index (κ1) is 21.4. The summed E-state index contributed by atoms with van der Waals surface area (Å²) in [5.41, 5.74) is -2.90. The Hall–Kier alpha value is -1.65. The Labute approximate surface area is 143 Å². The van der Waals surface area contributed by atoms with Crippen molar-refractivity contribution in [3.8, 4) is 0 Å². The third-order valence-corrected chi connectivity index (χ3v) is 4.49. The Morgan fingerprint density at radius 2 is 1.72 bits per heavy atom. The molecule has 0 saturated carbocycles. The number of hydrogen-bond acceptors (Lipinski definition) is 6. The van der Waals surface area contributed by atoms with Crippen LogP contribution in [-0.2, 0) is 23.8 Å². The molecule has 0 radical (unpaired) electrons. The van der Waals surface area contributed by atoms with E-state index in [1.807, 2.05) is 0 Å². The Bertz CT molecular complexity index is 684. The van der Waals surface area contributed by atoms with Gasteiger partial charge in [0.05, 0.1) is 4.90 Å². The highest BCUT2D eigenvalue weighted by atomic mass is 32.2. The van der Waals surface area contributed by atoms with Crippen molar-refractivity contribution in [2.45, 2.75) is 43.4 Å². The van der Waals surface area contributed by atoms with Crippen molar-refractivity contribution in [2.75, 3.05) is 13.2 Å². The molecule has 1 N–H and O–H groups in total. The van der Waals surface area contributed by atoms with Gasteiger partial charge in [0.1, 0.15) is 13.2 Å². The molecule has 0 aromatic heterocycles. The van der Waals surface area contributed by atoms with Crippen LogP contribution in [0.25, 0.3) is 0 Å². The summed E-state index contributed by atoms with van der Waals surface area (Å²) in [6, 6.07) is 5.22. The quantitative estimate of drug-likeness (QED) is 0.547. The fourth-order valence-electron chi connectivity index (χ4n) is 1.63. The Kier molecular flexibility index (Phi) is 6.98. The van der Waals surface area contributed by atoms with Crippen molar-refractivity contribution in [3.63, 3.8) is 0 Å². The second-order valence-electron chi connectivity index (χ2n) is 5.47. The average Bonchev–Trinajstić information content (AvgIpc) is 2.51. The highest BCUT2D eigenvalue weighted by Gasteiger charge is 2.56. The molecule has 25 heavy (non-hydrogen) atoms. The minimum atomic E-state index is -5.26. The van der Waals surface area contributed by atoms with Gasteiger partial charge in [0.2, 0.25) is 5.60 Å². The van der Waals surface area contributed by atoms with E-state index in [0.717, 1.165) is 5.56 Å². The first-order chi connectivity index (χ1) is 11.4. The van der Waals surface area contributed by atoms with E-state index in [1.54, 1.807) is 13.8 Å². The van der Waals surface area contributed by atoms with Crippen molar-refractivity contribution >= 4 is 16.1 Å². The number of aryl methyl sites for hydroxylation is 1. The molecule has 6 nitrogen and oxygen atoms in total. The maximum atomic E-state index is 13.1. The zero-order valence-electron chi connectivity index (χ0n) is 13.7. The molecule has 1 aromatic rings. The summed E-state index contributed by atoms with van der Waals surface area (Å²) in [4.78, 5) is 10.9. The number of esters is 1. The second kappa shape index (κ2) is 8.15. The molecule has 10 heteroatoms. The van der Waals surface area contributed by atoms with Crippen LogP contribution in [-0.4, -0.2) is 44.5 Å². The molecule has 0 heterocycles. The van der Waals surface area contributed by atoms with E-state index in [9.17, 15) is 31.5 Å². The van der Waals surface area contributed by atoms with E-state index in [0.29, 0.717) is 6.42 Å². The molecular weight excluding hydrogens is 365 g/mol. The summed E-state index contributed by atoms with van der Waals surface area (Å²) in [6.45, 7) is 0.226. The molecule has 142 valence electrons. The van der Waals surface area contributed by atoms with Crippen molar-refractivity contribution in [2.24, 2.45) is 0 Å². The number of aliphatic hydroxyl groups is 1. The van der Waals surface area contributed by atoms with Gasteiger partial charge >= 0.3 is 12.1 Å². The number of hydrogen-bond donors (Lipinski definition) is 1. The van der Waals surface area contributed by atoms with Crippen LogP contribution >= 0.6 is 0 Å². The fraction of sp³-hybridized carbons (Fsp3) is 0.533. The average molecular weight is 384 g/mol. The zero-order valence-corrected chi connectivity index (χ0v) is 14.5. The highest BCUT2D eigenvalue weighted by molar-refractivity contribution is 7.86. The molecule has 1 unspecified atom stereocenters. The molecule has 0 saturated heterocycles. The van der Waals surface area contributed by atoms with Gasteiger partial charge in [-0.2, -0.15) is 21.6 Å². The van der Waals surface area contributed by atoms with Crippen LogP contribution in [0.2, 0.25) is 0 Å². The molecule has 1 rings (SSSR count). The number of alkyl halides is 3. The van der Waals surface area contributed by atoms with Crippen molar-refractivity contribution < 1.29 is 40.4 Å². The normalized spacial score (nSPS) is 14.8. The lowest BCUT2D eigenvalue weighted by Gasteiger charge is -2.29. The third kappa shape index (κ3) is 5.98. The molecule has 0 aliphatic rings. The Morgan fingerprint density at radius 3 is 2.20 bits per heavy atom. The smallest absolute Gasteiger partial charge is 0.422 e. The minimum absolute atomic E-state index is 0.129. The van der Waals surface area contributed by atoms with Crippen molar-refractivity contribution in [1.29, 1.82) is 0 Å². The SMILES string of the molecule is CCCC(=O)OCC(O)(COS(=O)(=O)c1ccc(C)cc1)C(F)(F)F. The number of carbonyl (C=O) groups excluding carboxylic acids is 1. The van der Waals surface area contributed by atoms with Crippen LogP contribution in [0.3, 0.4) is 0 Å². The lowest BCUT2D eigenvalue weighted by atomic mass is 10.1. The van der Waals surface area contributed by atoms with E-state index in [4.69, 9.17) is 0 Å². The largest absolute Gasteiger partial charge is 0.462 e. The minimum Gasteiger partial charge on any atom is -0.462 e. The number of carbonyl (C=O) groups is 1. The van der Waals surface area contributed by atoms with E-state index < -0.39 is 41.1 Å². The summed E-state index contributed by atoms with van der Waals surface area (Å²) in [6.07, 6.45) is -5.04. The first-order valence-electron chi connectivity index (χ1n) is 7.32. The van der Waals surface area contributed by atoms with Crippen LogP contribution in [0.15, 0.2) is 29.2 Å². The van der Waals surface area contributed by atoms with Gasteiger partial charge in [0.25, 0.3) is 10.1 Å². The third-order valence-electron chi connectivity index (χ3n) is 3.22. The van der Waals surface area contributed by atoms with Gasteiger partial charge in [0, 0.05) is 6.42 Å². The van der Waals surface area contributed by atoms with Crippen LogP contribution in [0, 0.1) is 6.92 Å². The Morgan fingerprint density at radius 1 is 1.16 bits per heavy atom. The summed E-state index contributed by atoms with van der Waals surface area (Å²) >= 11 is 0. The topological polar surface area (TPSA) is 89.9 Å². The molecule has 0 spiro atoms. The number of ether oxygens (including phenoxy) is 1. The second-order valence-corrected chi connectivity index (χ2v) is 7.08. The molecule has 0 bridgehead atoms. The highest BCUT2D eigenvalue weighted by Crippen LogP contribution is 2.32. The molecule has 0 aliphatic carbocycles. The monoisotopic (exact) mass is 384 g/mol. The first-order valence-corrected chi connectivity index (χ1v) is 8.73. The summed E-state index contributed by atoms with van der Waals surface area (Å²) < 4.78 is 71.8. The summed E-state index contributed by atoms with van der Waals surface area (Å²) in [7, 11) is -4.52. The van der Waals surface area contributed by atoms with E-state index in [1.165, 1.54) is 24.3 Å². The van der Waals surface area contributed by atoms with E-state index >= 15 is 0 Å². The lowest BCUT2D eigenvalue weighted by Crippen LogP contribution is -2.53. The standard InChI is InChI=1S/C15H19F3O6S/c1-3-4-13(19)23-9-14(20,15(16,17)18)10-24-25(21,22)12-7-5-11(2)6-8-12/h5-8,20H,3-4,9-10H2,1-2H3. The summed E-state index contributed by atoms with van der Waals surface area (Å²) in [5.74, 6) is -0.938. The number of halogens is 3. The van der Waals surface area contributed by atoms with Crippen molar-refractivity contribution in [3.05, 3.63) is 29.8 Å². The lowest BCUT2D eigenvalue weighted by molar-refractivity contribution is -0.280. The maximum absolute atomic E-state index is 13.1. The van der Waals surface area contributed by atoms with Gasteiger partial charge in [-0.15, -0.1) is 0 Å². The van der Waals surface area contributed by atoms with Gasteiger partial charge in [-0.25, -0.2) is 0 Å². The molecular formula is C15H19F3O6S. The van der Waals surface area contributed by atoms with Crippen LogP contribution in [0.5, 0.6) is 0 Å². The predicted octanol–water partition coefficient (Wildman–Crippen LogP) is 2.34. The maximum Gasteiger partial charge on any atom is 0.422 e. The predicted molar refractivity (Wildman–Crippen MR) is 81.2 cm³/mol. The van der Waals surface area contributed by atoms with Gasteiger partial charge in [0.15, 0.2) is 0 Å². The van der Waals surface area contributed by atoms with Crippen molar-refractivity contribution in [1.82, 2.24) is 0 Å². The molecule has 1 aromatic carbocycles. The van der Waals surface area contributed by atoms with Crippen LogP contribution in [0.1, 0.15) is 25.3 Å². The van der Waals surface area contributed by atoms with Gasteiger partial charge in [-0.05, 0) is 25.5 Å². The van der Waals surface area contributed by atoms with Gasteiger partial charge < -0.3 is 9.84 Å².